The van der Waals surface area contributed by atoms with Crippen LogP contribution < -0.4 is 10.2 Å². The van der Waals surface area contributed by atoms with Gasteiger partial charge in [0.1, 0.15) is 0 Å². The lowest BCUT2D eigenvalue weighted by molar-refractivity contribution is -0.384. The number of halogens is 1. The van der Waals surface area contributed by atoms with Gasteiger partial charge in [0.25, 0.3) is 11.6 Å². The van der Waals surface area contributed by atoms with Crippen LogP contribution in [0.3, 0.4) is 0 Å². The smallest absolute Gasteiger partial charge is 0.270 e. The number of nitro groups is 1. The molecule has 122 valence electrons. The van der Waals surface area contributed by atoms with Crippen LogP contribution in [0.1, 0.15) is 15.9 Å². The average molecular weight is 346 g/mol. The summed E-state index contributed by atoms with van der Waals surface area (Å²) >= 11 is 5.96. The van der Waals surface area contributed by atoms with Crippen LogP contribution in [0.2, 0.25) is 5.02 Å². The summed E-state index contributed by atoms with van der Waals surface area (Å²) in [5.74, 6) is -0.573. The first kappa shape index (κ1) is 15.9. The standard InChI is InChI=1S/C16H12ClN3O4/c1-19-14-5-2-10(6-9(14)7-15(19)21)18-16(22)12-8-11(20(23)24)3-4-13(12)17/h2-6,8H,7H2,1H3,(H,18,22). The summed E-state index contributed by atoms with van der Waals surface area (Å²) in [5.41, 5.74) is 1.89. The van der Waals surface area contributed by atoms with Crippen LogP contribution in [0.5, 0.6) is 0 Å². The van der Waals surface area contributed by atoms with Gasteiger partial charge in [0.15, 0.2) is 0 Å². The third-order valence-electron chi connectivity index (χ3n) is 3.82. The molecule has 0 saturated carbocycles. The van der Waals surface area contributed by atoms with E-state index in [1.54, 1.807) is 30.1 Å². The maximum atomic E-state index is 12.3. The second-order valence-electron chi connectivity index (χ2n) is 5.35. The van der Waals surface area contributed by atoms with Crippen LogP contribution in [-0.2, 0) is 11.2 Å². The van der Waals surface area contributed by atoms with Crippen LogP contribution in [-0.4, -0.2) is 23.8 Å². The molecule has 1 N–H and O–H groups in total. The van der Waals surface area contributed by atoms with Gasteiger partial charge < -0.3 is 10.2 Å². The largest absolute Gasteiger partial charge is 0.322 e. The number of fused-ring (bicyclic) bond motifs is 1. The number of hydrogen-bond acceptors (Lipinski definition) is 4. The highest BCUT2D eigenvalue weighted by Crippen LogP contribution is 2.30. The van der Waals surface area contributed by atoms with Gasteiger partial charge in [0.2, 0.25) is 5.91 Å². The molecule has 0 aliphatic carbocycles. The Kier molecular flexibility index (Phi) is 3.94. The highest BCUT2D eigenvalue weighted by molar-refractivity contribution is 6.34. The molecule has 1 aliphatic heterocycles. The fourth-order valence-electron chi connectivity index (χ4n) is 2.55. The molecule has 1 aliphatic rings. The van der Waals surface area contributed by atoms with E-state index in [4.69, 9.17) is 11.6 Å². The van der Waals surface area contributed by atoms with Crippen LogP contribution >= 0.6 is 11.6 Å². The molecule has 0 radical (unpaired) electrons. The van der Waals surface area contributed by atoms with E-state index in [-0.39, 0.29) is 28.6 Å². The van der Waals surface area contributed by atoms with E-state index < -0.39 is 10.8 Å². The van der Waals surface area contributed by atoms with E-state index >= 15 is 0 Å². The Hall–Kier alpha value is -2.93. The highest BCUT2D eigenvalue weighted by atomic mass is 35.5. The van der Waals surface area contributed by atoms with Gasteiger partial charge in [-0.2, -0.15) is 0 Å². The monoisotopic (exact) mass is 345 g/mol. The summed E-state index contributed by atoms with van der Waals surface area (Å²) < 4.78 is 0. The highest BCUT2D eigenvalue weighted by Gasteiger charge is 2.24. The summed E-state index contributed by atoms with van der Waals surface area (Å²) in [6, 6.07) is 8.78. The topological polar surface area (TPSA) is 92.6 Å². The van der Waals surface area contributed by atoms with Crippen molar-refractivity contribution < 1.29 is 14.5 Å². The Balaban J connectivity index is 1.86. The van der Waals surface area contributed by atoms with Crippen molar-refractivity contribution in [3.8, 4) is 0 Å². The molecule has 0 atom stereocenters. The molecule has 2 aromatic carbocycles. The van der Waals surface area contributed by atoms with E-state index in [1.165, 1.54) is 12.1 Å². The lowest BCUT2D eigenvalue weighted by Gasteiger charge is -2.11. The number of rotatable bonds is 3. The van der Waals surface area contributed by atoms with Gasteiger partial charge >= 0.3 is 0 Å². The predicted molar refractivity (Wildman–Crippen MR) is 89.6 cm³/mol. The zero-order valence-electron chi connectivity index (χ0n) is 12.6. The fourth-order valence-corrected chi connectivity index (χ4v) is 2.75. The molecule has 3 rings (SSSR count). The summed E-state index contributed by atoms with van der Waals surface area (Å²) in [7, 11) is 1.69. The number of nitrogens with zero attached hydrogens (tertiary/aromatic N) is 2. The van der Waals surface area contributed by atoms with Crippen LogP contribution in [0.25, 0.3) is 0 Å². The van der Waals surface area contributed by atoms with E-state index in [2.05, 4.69) is 5.32 Å². The van der Waals surface area contributed by atoms with Crippen LogP contribution in [0, 0.1) is 10.1 Å². The van der Waals surface area contributed by atoms with E-state index in [0.717, 1.165) is 17.3 Å². The second kappa shape index (κ2) is 5.93. The molecule has 0 spiro atoms. The van der Waals surface area contributed by atoms with Crippen molar-refractivity contribution in [2.24, 2.45) is 0 Å². The molecule has 0 aromatic heterocycles. The van der Waals surface area contributed by atoms with Gasteiger partial charge in [-0.1, -0.05) is 11.6 Å². The zero-order chi connectivity index (χ0) is 17.4. The number of carbonyl (C=O) groups excluding carboxylic acids is 2. The minimum absolute atomic E-state index is 0.0135. The molecule has 0 unspecified atom stereocenters. The molecule has 2 amide bonds. The van der Waals surface area contributed by atoms with E-state index in [0.29, 0.717) is 5.69 Å². The Bertz CT molecular complexity index is 882. The summed E-state index contributed by atoms with van der Waals surface area (Å²) in [6.07, 6.45) is 0.271. The molecule has 8 heteroatoms. The van der Waals surface area contributed by atoms with Gasteiger partial charge in [0.05, 0.1) is 21.9 Å². The number of benzene rings is 2. The maximum Gasteiger partial charge on any atom is 0.270 e. The van der Waals surface area contributed by atoms with Gasteiger partial charge in [0, 0.05) is 30.6 Å². The Morgan fingerprint density at radius 2 is 2.04 bits per heavy atom. The van der Waals surface area contributed by atoms with Crippen molar-refractivity contribution in [3.05, 3.63) is 62.7 Å². The summed E-state index contributed by atoms with van der Waals surface area (Å²) in [4.78, 5) is 35.8. The van der Waals surface area contributed by atoms with Crippen molar-refractivity contribution >= 4 is 40.5 Å². The number of non-ortho nitro benzene ring substituents is 1. The lowest BCUT2D eigenvalue weighted by atomic mass is 10.1. The first-order valence-corrected chi connectivity index (χ1v) is 7.39. The van der Waals surface area contributed by atoms with Crippen molar-refractivity contribution in [3.63, 3.8) is 0 Å². The Morgan fingerprint density at radius 3 is 2.75 bits per heavy atom. The second-order valence-corrected chi connectivity index (χ2v) is 5.76. The predicted octanol–water partition coefficient (Wildman–Crippen LogP) is 3.02. The number of hydrogen-bond donors (Lipinski definition) is 1. The first-order chi connectivity index (χ1) is 11.4. The summed E-state index contributed by atoms with van der Waals surface area (Å²) in [6.45, 7) is 0. The van der Waals surface area contributed by atoms with Crippen molar-refractivity contribution in [2.75, 3.05) is 17.3 Å². The van der Waals surface area contributed by atoms with E-state index in [1.807, 2.05) is 0 Å². The van der Waals surface area contributed by atoms with Gasteiger partial charge in [-0.25, -0.2) is 0 Å². The molecule has 7 nitrogen and oxygen atoms in total. The van der Waals surface area contributed by atoms with Gasteiger partial charge in [-0.3, -0.25) is 19.7 Å². The van der Waals surface area contributed by atoms with Crippen molar-refractivity contribution in [2.45, 2.75) is 6.42 Å². The SMILES string of the molecule is CN1C(=O)Cc2cc(NC(=O)c3cc([N+](=O)[O-])ccc3Cl)ccc21. The molecule has 0 fully saturated rings. The molecule has 0 bridgehead atoms. The normalized spacial score (nSPS) is 12.9. The number of carbonyl (C=O) groups is 2. The lowest BCUT2D eigenvalue weighted by Crippen LogP contribution is -2.20. The third-order valence-corrected chi connectivity index (χ3v) is 4.15. The Labute approximate surface area is 142 Å². The van der Waals surface area contributed by atoms with Crippen molar-refractivity contribution in [1.82, 2.24) is 0 Å². The number of amides is 2. The fraction of sp³-hybridized carbons (Fsp3) is 0.125. The van der Waals surface area contributed by atoms with Crippen LogP contribution in [0.15, 0.2) is 36.4 Å². The number of nitrogens with one attached hydrogen (secondary N) is 1. The van der Waals surface area contributed by atoms with Gasteiger partial charge in [-0.05, 0) is 29.8 Å². The molecule has 24 heavy (non-hydrogen) atoms. The van der Waals surface area contributed by atoms with Crippen LogP contribution in [0.4, 0.5) is 17.1 Å². The average Bonchev–Trinajstić information content (AvgIpc) is 2.81. The third kappa shape index (κ3) is 2.81. The maximum absolute atomic E-state index is 12.3. The number of anilines is 2. The minimum Gasteiger partial charge on any atom is -0.322 e. The number of likely N-dealkylation sites (N-methyl/N-ethyl adjacent to an activating group) is 1. The molecule has 1 heterocycles. The molecule has 0 saturated heterocycles. The zero-order valence-corrected chi connectivity index (χ0v) is 13.3. The Morgan fingerprint density at radius 1 is 1.29 bits per heavy atom. The number of nitro benzene ring substituents is 1. The molecular weight excluding hydrogens is 334 g/mol. The molecular formula is C16H12ClN3O4. The summed E-state index contributed by atoms with van der Waals surface area (Å²) in [5, 5.41) is 13.6. The first-order valence-electron chi connectivity index (χ1n) is 7.01. The molecule has 2 aromatic rings. The van der Waals surface area contributed by atoms with E-state index in [9.17, 15) is 19.7 Å². The quantitative estimate of drug-likeness (QED) is 0.683. The van der Waals surface area contributed by atoms with Gasteiger partial charge in [-0.15, -0.1) is 0 Å². The minimum atomic E-state index is -0.593. The van der Waals surface area contributed by atoms with Crippen molar-refractivity contribution in [1.29, 1.82) is 0 Å².